The number of hydrogen-bond donors (Lipinski definition) is 1. The van der Waals surface area contributed by atoms with Gasteiger partial charge in [-0.25, -0.2) is 0 Å². The summed E-state index contributed by atoms with van der Waals surface area (Å²) >= 11 is 0. The van der Waals surface area contributed by atoms with Crippen molar-refractivity contribution in [3.05, 3.63) is 123 Å². The van der Waals surface area contributed by atoms with Crippen LogP contribution in [0.2, 0.25) is 0 Å². The van der Waals surface area contributed by atoms with Crippen molar-refractivity contribution in [1.82, 2.24) is 0 Å². The molecule has 264 valence electrons. The molecule has 0 aliphatic carbocycles. The van der Waals surface area contributed by atoms with E-state index in [2.05, 4.69) is 0 Å². The van der Waals surface area contributed by atoms with Crippen molar-refractivity contribution >= 4 is 37.3 Å². The van der Waals surface area contributed by atoms with Crippen molar-refractivity contribution in [3.63, 3.8) is 0 Å². The summed E-state index contributed by atoms with van der Waals surface area (Å²) in [5, 5.41) is 11.5. The summed E-state index contributed by atoms with van der Waals surface area (Å²) < 4.78 is 76.6. The van der Waals surface area contributed by atoms with Gasteiger partial charge in [-0.05, 0) is 102 Å². The third kappa shape index (κ3) is 7.15. The van der Waals surface area contributed by atoms with Gasteiger partial charge in [-0.3, -0.25) is 4.79 Å². The van der Waals surface area contributed by atoms with Crippen molar-refractivity contribution in [2.24, 2.45) is 0 Å². The third-order valence-electron chi connectivity index (χ3n) is 8.28. The molecular formula is C39H36O10S2. The van der Waals surface area contributed by atoms with E-state index in [1.54, 1.807) is 44.2 Å². The Hall–Kier alpha value is -5.33. The van der Waals surface area contributed by atoms with Gasteiger partial charge >= 0.3 is 20.2 Å². The second-order valence-corrected chi connectivity index (χ2v) is 16.2. The van der Waals surface area contributed by atoms with Gasteiger partial charge in [0.15, 0.2) is 17.1 Å². The average molecular weight is 729 g/mol. The van der Waals surface area contributed by atoms with Crippen molar-refractivity contribution < 1.29 is 39.5 Å². The Morgan fingerprint density at radius 1 is 0.843 bits per heavy atom. The maximum atomic E-state index is 14.2. The zero-order valence-electron chi connectivity index (χ0n) is 28.8. The molecule has 12 heteroatoms. The van der Waals surface area contributed by atoms with E-state index >= 15 is 0 Å². The van der Waals surface area contributed by atoms with Gasteiger partial charge in [-0.2, -0.15) is 16.8 Å². The SMILES string of the molecule is CC(C)=CCc1c2c(c3occ(-c4ccc(OS(=O)(=O)c5ccc(C)cc5)c(OS(=O)(=O)c5ccc(C)cc5)c4)c(=O)c3c1O)C=CC(C)(C)O2. The third-order valence-corrected chi connectivity index (χ3v) is 10.8. The maximum absolute atomic E-state index is 14.2. The van der Waals surface area contributed by atoms with E-state index in [4.69, 9.17) is 17.5 Å². The molecule has 6 rings (SSSR count). The second-order valence-electron chi connectivity index (χ2n) is 13.1. The summed E-state index contributed by atoms with van der Waals surface area (Å²) in [5.74, 6) is -0.855. The summed E-state index contributed by atoms with van der Waals surface area (Å²) in [4.78, 5) is 13.9. The van der Waals surface area contributed by atoms with Crippen molar-refractivity contribution in [1.29, 1.82) is 0 Å². The predicted molar refractivity (Wildman–Crippen MR) is 194 cm³/mol. The zero-order chi connectivity index (χ0) is 36.9. The molecule has 1 aliphatic rings. The topological polar surface area (TPSA) is 146 Å². The Balaban J connectivity index is 1.52. The number of hydrogen-bond acceptors (Lipinski definition) is 10. The molecule has 4 aromatic carbocycles. The van der Waals surface area contributed by atoms with Gasteiger partial charge in [0.2, 0.25) is 5.43 Å². The summed E-state index contributed by atoms with van der Waals surface area (Å²) in [6, 6.07) is 15.5. The first-order valence-corrected chi connectivity index (χ1v) is 18.8. The van der Waals surface area contributed by atoms with Crippen LogP contribution in [-0.2, 0) is 26.7 Å². The number of rotatable bonds is 9. The van der Waals surface area contributed by atoms with Gasteiger partial charge in [0, 0.05) is 5.56 Å². The first-order valence-electron chi connectivity index (χ1n) is 16.0. The minimum absolute atomic E-state index is 0.0579. The lowest BCUT2D eigenvalue weighted by atomic mass is 9.93. The Morgan fingerprint density at radius 2 is 1.41 bits per heavy atom. The minimum Gasteiger partial charge on any atom is -0.507 e. The van der Waals surface area contributed by atoms with E-state index in [1.165, 1.54) is 48.7 Å². The van der Waals surface area contributed by atoms with E-state index in [-0.39, 0.29) is 44.1 Å². The van der Waals surface area contributed by atoms with Crippen LogP contribution < -0.4 is 18.5 Å². The molecule has 5 aromatic rings. The van der Waals surface area contributed by atoms with Gasteiger partial charge in [0.05, 0.1) is 11.1 Å². The van der Waals surface area contributed by atoms with Gasteiger partial charge in [0.25, 0.3) is 0 Å². The van der Waals surface area contributed by atoms with Crippen LogP contribution in [0.25, 0.3) is 28.2 Å². The van der Waals surface area contributed by atoms with E-state index in [1.807, 2.05) is 39.8 Å². The zero-order valence-corrected chi connectivity index (χ0v) is 30.4. The smallest absolute Gasteiger partial charge is 0.339 e. The molecule has 0 amide bonds. The Morgan fingerprint density at radius 3 is 1.98 bits per heavy atom. The highest BCUT2D eigenvalue weighted by Crippen LogP contribution is 2.45. The Bertz CT molecular complexity index is 2520. The summed E-state index contributed by atoms with van der Waals surface area (Å²) in [6.07, 6.45) is 6.98. The summed E-state index contributed by atoms with van der Waals surface area (Å²) in [7, 11) is -8.95. The van der Waals surface area contributed by atoms with E-state index in [9.17, 15) is 26.7 Å². The number of fused-ring (bicyclic) bond motifs is 3. The van der Waals surface area contributed by atoms with E-state index in [0.717, 1.165) is 16.7 Å². The molecular weight excluding hydrogens is 693 g/mol. The standard InChI is InChI=1S/C39H36O10S2/c1-23(2)7-17-29-35(40)34-36(41)31(22-46-38(34)30-19-20-39(5,6)47-37(29)30)26-12-18-32(48-50(42,43)27-13-8-24(3)9-14-27)33(21-26)49-51(44,45)28-15-10-25(4)11-16-28/h7-16,18-22,40H,17H2,1-6H3. The van der Waals surface area contributed by atoms with E-state index < -0.39 is 42.8 Å². The monoisotopic (exact) mass is 728 g/mol. The molecule has 0 bridgehead atoms. The Labute approximate surface area is 296 Å². The number of ether oxygens (including phenoxy) is 1. The highest BCUT2D eigenvalue weighted by atomic mass is 32.2. The molecule has 1 aliphatic heterocycles. The molecule has 51 heavy (non-hydrogen) atoms. The molecule has 0 saturated carbocycles. The van der Waals surface area contributed by atoms with Crippen LogP contribution in [0.15, 0.2) is 110 Å². The average Bonchev–Trinajstić information content (AvgIpc) is 3.05. The highest BCUT2D eigenvalue weighted by Gasteiger charge is 2.31. The normalized spacial score (nSPS) is 13.7. The maximum Gasteiger partial charge on any atom is 0.339 e. The van der Waals surface area contributed by atoms with Crippen LogP contribution >= 0.6 is 0 Å². The van der Waals surface area contributed by atoms with Gasteiger partial charge < -0.3 is 22.6 Å². The number of phenols is 1. The number of aromatic hydroxyl groups is 1. The molecule has 10 nitrogen and oxygen atoms in total. The van der Waals surface area contributed by atoms with Crippen LogP contribution in [-0.4, -0.2) is 27.5 Å². The molecule has 0 saturated heterocycles. The second kappa shape index (κ2) is 13.1. The first-order chi connectivity index (χ1) is 24.0. The van der Waals surface area contributed by atoms with Crippen molar-refractivity contribution in [3.8, 4) is 34.1 Å². The summed E-state index contributed by atoms with van der Waals surface area (Å²) in [6.45, 7) is 11.2. The van der Waals surface area contributed by atoms with Gasteiger partial charge in [-0.15, -0.1) is 0 Å². The number of allylic oxidation sites excluding steroid dienone is 2. The van der Waals surface area contributed by atoms with Crippen LogP contribution in [0.5, 0.6) is 23.0 Å². The highest BCUT2D eigenvalue weighted by molar-refractivity contribution is 7.87. The molecule has 2 heterocycles. The number of benzene rings is 4. The molecule has 0 spiro atoms. The fourth-order valence-electron chi connectivity index (χ4n) is 5.50. The molecule has 1 N–H and O–H groups in total. The summed E-state index contributed by atoms with van der Waals surface area (Å²) in [5.41, 5.74) is 2.37. The fraction of sp³-hybridized carbons (Fsp3) is 0.205. The van der Waals surface area contributed by atoms with Gasteiger partial charge in [-0.1, -0.05) is 53.1 Å². The molecule has 0 atom stereocenters. The molecule has 0 fully saturated rings. The molecule has 1 aromatic heterocycles. The van der Waals surface area contributed by atoms with Crippen LogP contribution in [0.1, 0.15) is 49.9 Å². The lowest BCUT2D eigenvalue weighted by Gasteiger charge is -2.30. The van der Waals surface area contributed by atoms with Crippen LogP contribution in [0, 0.1) is 13.8 Å². The fourth-order valence-corrected chi connectivity index (χ4v) is 7.37. The lowest BCUT2D eigenvalue weighted by Crippen LogP contribution is -2.28. The molecule has 0 unspecified atom stereocenters. The first kappa shape index (κ1) is 35.5. The largest absolute Gasteiger partial charge is 0.507 e. The molecule has 0 radical (unpaired) electrons. The number of aryl methyl sites for hydroxylation is 2. The van der Waals surface area contributed by atoms with Crippen LogP contribution in [0.4, 0.5) is 0 Å². The number of phenolic OH excluding ortho intramolecular Hbond substituents is 1. The van der Waals surface area contributed by atoms with E-state index in [0.29, 0.717) is 16.9 Å². The minimum atomic E-state index is -4.51. The van der Waals surface area contributed by atoms with Crippen molar-refractivity contribution in [2.45, 2.75) is 63.4 Å². The quantitative estimate of drug-likeness (QED) is 0.117. The predicted octanol–water partition coefficient (Wildman–Crippen LogP) is 8.01. The Kier molecular flexibility index (Phi) is 9.11. The van der Waals surface area contributed by atoms with Crippen LogP contribution in [0.3, 0.4) is 0 Å². The van der Waals surface area contributed by atoms with Crippen molar-refractivity contribution in [2.75, 3.05) is 0 Å². The van der Waals surface area contributed by atoms with Gasteiger partial charge in [0.1, 0.15) is 38.5 Å². The lowest BCUT2D eigenvalue weighted by molar-refractivity contribution is 0.157.